The molecule has 3 nitrogen and oxygen atoms in total. The van der Waals surface area contributed by atoms with Crippen molar-refractivity contribution in [3.8, 4) is 5.75 Å². The number of ether oxygens (including phenoxy) is 1. The zero-order valence-corrected chi connectivity index (χ0v) is 15.4. The van der Waals surface area contributed by atoms with Gasteiger partial charge in [0.2, 0.25) is 6.23 Å². The Morgan fingerprint density at radius 3 is 2.57 bits per heavy atom. The van der Waals surface area contributed by atoms with Gasteiger partial charge in [0.25, 0.3) is 0 Å². The standard InChI is InChI=1S/C22H15ClF2N2O/c23-15-6-9-21-18(11-15)20-12-19(13-4-7-16(24)8-5-13)26-27(20)22(28-21)14-2-1-3-17(25)10-14/h1-11,20,22H,12H2/t20-,22-/m1/s1. The summed E-state index contributed by atoms with van der Waals surface area (Å²) in [5, 5.41) is 7.22. The topological polar surface area (TPSA) is 24.8 Å². The van der Waals surface area contributed by atoms with Gasteiger partial charge in [-0.3, -0.25) is 0 Å². The van der Waals surface area contributed by atoms with E-state index in [-0.39, 0.29) is 17.7 Å². The van der Waals surface area contributed by atoms with Crippen molar-refractivity contribution in [3.05, 3.63) is 100 Å². The molecule has 3 aromatic rings. The van der Waals surface area contributed by atoms with Crippen LogP contribution in [-0.2, 0) is 0 Å². The van der Waals surface area contributed by atoms with Crippen molar-refractivity contribution < 1.29 is 13.5 Å². The van der Waals surface area contributed by atoms with Crippen molar-refractivity contribution in [3.63, 3.8) is 0 Å². The third kappa shape index (κ3) is 2.92. The molecule has 0 unspecified atom stereocenters. The molecular weight excluding hydrogens is 382 g/mol. The molecule has 6 heteroatoms. The number of hydrogen-bond acceptors (Lipinski definition) is 3. The van der Waals surface area contributed by atoms with Crippen LogP contribution in [0.15, 0.2) is 71.8 Å². The lowest BCUT2D eigenvalue weighted by molar-refractivity contribution is -0.0192. The molecule has 28 heavy (non-hydrogen) atoms. The third-order valence-electron chi connectivity index (χ3n) is 5.06. The SMILES string of the molecule is Fc1ccc(C2=NN3[C@H](C2)c2cc(Cl)ccc2O[C@@H]3c2cccc(F)c2)cc1. The highest BCUT2D eigenvalue weighted by molar-refractivity contribution is 6.30. The van der Waals surface area contributed by atoms with E-state index in [9.17, 15) is 8.78 Å². The van der Waals surface area contributed by atoms with E-state index in [1.165, 1.54) is 24.3 Å². The van der Waals surface area contributed by atoms with Crippen molar-refractivity contribution in [2.75, 3.05) is 0 Å². The maximum absolute atomic E-state index is 13.8. The summed E-state index contributed by atoms with van der Waals surface area (Å²) in [4.78, 5) is 0. The molecular formula is C22H15ClF2N2O. The molecule has 2 aliphatic rings. The molecule has 2 aliphatic heterocycles. The molecule has 0 saturated heterocycles. The van der Waals surface area contributed by atoms with Crippen LogP contribution >= 0.6 is 11.6 Å². The van der Waals surface area contributed by atoms with Crippen LogP contribution in [0.4, 0.5) is 8.78 Å². The Labute approximate surface area is 165 Å². The second-order valence-corrected chi connectivity index (χ2v) is 7.30. The lowest BCUT2D eigenvalue weighted by atomic mass is 9.96. The summed E-state index contributed by atoms with van der Waals surface area (Å²) in [5.74, 6) is 0.0788. The fourth-order valence-corrected chi connectivity index (χ4v) is 3.94. The van der Waals surface area contributed by atoms with Crippen molar-refractivity contribution in [1.82, 2.24) is 5.01 Å². The average molecular weight is 397 g/mol. The highest BCUT2D eigenvalue weighted by atomic mass is 35.5. The molecule has 140 valence electrons. The van der Waals surface area contributed by atoms with Gasteiger partial charge in [-0.05, 0) is 48.0 Å². The zero-order chi connectivity index (χ0) is 19.3. The molecule has 2 atom stereocenters. The van der Waals surface area contributed by atoms with Gasteiger partial charge in [-0.15, -0.1) is 0 Å². The van der Waals surface area contributed by atoms with Gasteiger partial charge in [0, 0.05) is 22.6 Å². The summed E-state index contributed by atoms with van der Waals surface area (Å²) in [5.41, 5.74) is 3.27. The first-order valence-corrected chi connectivity index (χ1v) is 9.29. The van der Waals surface area contributed by atoms with Crippen LogP contribution in [0.2, 0.25) is 5.02 Å². The Balaban J connectivity index is 1.61. The number of nitrogens with zero attached hydrogens (tertiary/aromatic N) is 2. The second-order valence-electron chi connectivity index (χ2n) is 6.86. The molecule has 0 N–H and O–H groups in total. The van der Waals surface area contributed by atoms with Gasteiger partial charge < -0.3 is 4.74 Å². The summed E-state index contributed by atoms with van der Waals surface area (Å²) in [6.07, 6.45) is 0.0565. The van der Waals surface area contributed by atoms with E-state index >= 15 is 0 Å². The Morgan fingerprint density at radius 1 is 0.964 bits per heavy atom. The van der Waals surface area contributed by atoms with Crippen LogP contribution in [0, 0.1) is 11.6 Å². The first-order valence-electron chi connectivity index (χ1n) is 8.92. The van der Waals surface area contributed by atoms with Crippen LogP contribution in [0.25, 0.3) is 0 Å². The molecule has 0 aromatic heterocycles. The lowest BCUT2D eigenvalue weighted by Crippen LogP contribution is -2.33. The van der Waals surface area contributed by atoms with Crippen molar-refractivity contribution in [2.24, 2.45) is 5.10 Å². The Morgan fingerprint density at radius 2 is 1.79 bits per heavy atom. The highest BCUT2D eigenvalue weighted by Crippen LogP contribution is 2.48. The predicted octanol–water partition coefficient (Wildman–Crippen LogP) is 5.86. The molecule has 0 fully saturated rings. The molecule has 5 rings (SSSR count). The monoisotopic (exact) mass is 396 g/mol. The fourth-order valence-electron chi connectivity index (χ4n) is 3.76. The summed E-state index contributed by atoms with van der Waals surface area (Å²) in [6.45, 7) is 0. The first kappa shape index (κ1) is 17.2. The van der Waals surface area contributed by atoms with E-state index in [1.807, 2.05) is 23.2 Å². The van der Waals surface area contributed by atoms with Crippen LogP contribution in [0.1, 0.15) is 35.4 Å². The second kappa shape index (κ2) is 6.60. The number of fused-ring (bicyclic) bond motifs is 3. The van der Waals surface area contributed by atoms with Crippen molar-refractivity contribution in [1.29, 1.82) is 0 Å². The van der Waals surface area contributed by atoms with Gasteiger partial charge in [0.15, 0.2) is 0 Å². The Bertz CT molecular complexity index is 1080. The summed E-state index contributed by atoms with van der Waals surface area (Å²) >= 11 is 6.21. The zero-order valence-electron chi connectivity index (χ0n) is 14.6. The van der Waals surface area contributed by atoms with Crippen LogP contribution in [0.3, 0.4) is 0 Å². The van der Waals surface area contributed by atoms with Gasteiger partial charge in [-0.2, -0.15) is 5.10 Å². The van der Waals surface area contributed by atoms with E-state index in [1.54, 1.807) is 24.3 Å². The molecule has 0 bridgehead atoms. The minimum Gasteiger partial charge on any atom is -0.464 e. The van der Waals surface area contributed by atoms with Gasteiger partial charge in [0.1, 0.15) is 17.4 Å². The molecule has 2 heterocycles. The first-order chi connectivity index (χ1) is 13.6. The predicted molar refractivity (Wildman–Crippen MR) is 103 cm³/mol. The average Bonchev–Trinajstić information content (AvgIpc) is 3.14. The Kier molecular flexibility index (Phi) is 4.05. The Hall–Kier alpha value is -2.92. The molecule has 0 saturated carbocycles. The maximum atomic E-state index is 13.8. The number of hydrazone groups is 1. The molecule has 0 amide bonds. The minimum atomic E-state index is -0.563. The number of hydrogen-bond donors (Lipinski definition) is 0. The van der Waals surface area contributed by atoms with E-state index in [2.05, 4.69) is 0 Å². The fraction of sp³-hybridized carbons (Fsp3) is 0.136. The van der Waals surface area contributed by atoms with Gasteiger partial charge in [-0.25, -0.2) is 13.8 Å². The van der Waals surface area contributed by atoms with E-state index in [4.69, 9.17) is 21.4 Å². The minimum absolute atomic E-state index is 0.101. The normalized spacial score (nSPS) is 20.2. The molecule has 0 spiro atoms. The quantitative estimate of drug-likeness (QED) is 0.542. The van der Waals surface area contributed by atoms with E-state index in [0.29, 0.717) is 22.8 Å². The van der Waals surface area contributed by atoms with Gasteiger partial charge in [-0.1, -0.05) is 35.9 Å². The molecule has 3 aromatic carbocycles. The van der Waals surface area contributed by atoms with Gasteiger partial charge in [0.05, 0.1) is 11.8 Å². The van der Waals surface area contributed by atoms with Crippen molar-refractivity contribution >= 4 is 17.3 Å². The van der Waals surface area contributed by atoms with Crippen LogP contribution in [0.5, 0.6) is 5.75 Å². The lowest BCUT2D eigenvalue weighted by Gasteiger charge is -2.38. The van der Waals surface area contributed by atoms with Crippen LogP contribution in [-0.4, -0.2) is 10.7 Å². The summed E-state index contributed by atoms with van der Waals surface area (Å²) in [7, 11) is 0. The third-order valence-corrected chi connectivity index (χ3v) is 5.30. The summed E-state index contributed by atoms with van der Waals surface area (Å²) in [6, 6.07) is 18.0. The maximum Gasteiger partial charge on any atom is 0.213 e. The highest BCUT2D eigenvalue weighted by Gasteiger charge is 2.41. The van der Waals surface area contributed by atoms with Crippen molar-refractivity contribution in [2.45, 2.75) is 18.7 Å². The molecule has 0 aliphatic carbocycles. The smallest absolute Gasteiger partial charge is 0.213 e. The molecule has 0 radical (unpaired) electrons. The summed E-state index contributed by atoms with van der Waals surface area (Å²) < 4.78 is 33.3. The van der Waals surface area contributed by atoms with Crippen LogP contribution < -0.4 is 4.74 Å². The number of halogens is 3. The van der Waals surface area contributed by atoms with E-state index in [0.717, 1.165) is 16.8 Å². The number of benzene rings is 3. The number of rotatable bonds is 2. The largest absolute Gasteiger partial charge is 0.464 e. The van der Waals surface area contributed by atoms with E-state index < -0.39 is 6.23 Å². The van der Waals surface area contributed by atoms with Gasteiger partial charge >= 0.3 is 0 Å².